The van der Waals surface area contributed by atoms with Crippen molar-refractivity contribution < 1.29 is 19.1 Å². The lowest BCUT2D eigenvalue weighted by Crippen LogP contribution is -2.50. The number of hydrogen-bond acceptors (Lipinski definition) is 5. The maximum Gasteiger partial charge on any atom is 0.321 e. The van der Waals surface area contributed by atoms with Gasteiger partial charge in [0, 0.05) is 6.54 Å². The number of aromatic nitrogens is 2. The van der Waals surface area contributed by atoms with Crippen molar-refractivity contribution in [2.75, 3.05) is 24.7 Å². The fraction of sp³-hybridized carbons (Fsp3) is 0.464. The second-order valence-electron chi connectivity index (χ2n) is 9.39. The Morgan fingerprint density at radius 3 is 2.51 bits per heavy atom. The monoisotopic (exact) mass is 477 g/mol. The number of carbonyl (C=O) groups is 2. The minimum Gasteiger partial charge on any atom is -0.494 e. The Kier molecular flexibility index (Phi) is 7.73. The highest BCUT2D eigenvalue weighted by molar-refractivity contribution is 6.08. The summed E-state index contributed by atoms with van der Waals surface area (Å²) in [5.41, 5.74) is 2.51. The Labute approximate surface area is 207 Å². The summed E-state index contributed by atoms with van der Waals surface area (Å²) in [5, 5.41) is 0. The first-order chi connectivity index (χ1) is 17.0. The number of esters is 1. The lowest BCUT2D eigenvalue weighted by Gasteiger charge is -2.38. The van der Waals surface area contributed by atoms with Crippen LogP contribution < -0.4 is 9.64 Å². The Morgan fingerprint density at radius 1 is 1.09 bits per heavy atom. The molecule has 35 heavy (non-hydrogen) atoms. The lowest BCUT2D eigenvalue weighted by molar-refractivity contribution is -0.153. The summed E-state index contributed by atoms with van der Waals surface area (Å²) in [5.74, 6) is 0.143. The van der Waals surface area contributed by atoms with Gasteiger partial charge in [0.1, 0.15) is 5.75 Å². The van der Waals surface area contributed by atoms with E-state index in [4.69, 9.17) is 14.5 Å². The highest BCUT2D eigenvalue weighted by Crippen LogP contribution is 2.41. The fourth-order valence-corrected chi connectivity index (χ4v) is 4.55. The zero-order chi connectivity index (χ0) is 24.9. The molecule has 1 aliphatic rings. The molecule has 0 saturated carbocycles. The van der Waals surface area contributed by atoms with Crippen molar-refractivity contribution >= 4 is 28.9 Å². The summed E-state index contributed by atoms with van der Waals surface area (Å²) in [6, 6.07) is 14.9. The summed E-state index contributed by atoms with van der Waals surface area (Å²) in [6.45, 7) is 9.53. The van der Waals surface area contributed by atoms with Gasteiger partial charge < -0.3 is 14.0 Å². The molecule has 0 bridgehead atoms. The van der Waals surface area contributed by atoms with Gasteiger partial charge in [-0.05, 0) is 55.5 Å². The molecular formula is C28H35N3O4. The molecule has 2 heterocycles. The average molecular weight is 478 g/mol. The Bertz CT molecular complexity index is 1170. The van der Waals surface area contributed by atoms with Crippen LogP contribution in [0, 0.1) is 11.8 Å². The zero-order valence-corrected chi connectivity index (χ0v) is 21.1. The molecule has 0 N–H and O–H groups in total. The molecule has 0 saturated heterocycles. The lowest BCUT2D eigenvalue weighted by atomic mass is 9.89. The summed E-state index contributed by atoms with van der Waals surface area (Å²) >= 11 is 0. The first-order valence-corrected chi connectivity index (χ1v) is 12.6. The standard InChI is InChI=1S/C28H35N3O4/c1-5-7-17-30-26(32)24(27(33)34-6-2)25(31-23-11-9-8-10-22(23)29-28(30)31)20-12-14-21(15-13-20)35-18-16-19(3)4/h8-15,19,24-25H,5-7,16-18H2,1-4H3/t24-,25-/m1/s1. The van der Waals surface area contributed by atoms with Gasteiger partial charge in [0.25, 0.3) is 0 Å². The van der Waals surface area contributed by atoms with Crippen molar-refractivity contribution in [2.45, 2.75) is 53.0 Å². The third-order valence-corrected chi connectivity index (χ3v) is 6.41. The van der Waals surface area contributed by atoms with Gasteiger partial charge in [-0.25, -0.2) is 4.98 Å². The van der Waals surface area contributed by atoms with Crippen LogP contribution in [0.2, 0.25) is 0 Å². The molecule has 0 unspecified atom stereocenters. The first kappa shape index (κ1) is 24.8. The molecule has 3 aromatic rings. The van der Waals surface area contributed by atoms with Crippen LogP contribution in [0.1, 0.15) is 58.6 Å². The predicted molar refractivity (Wildman–Crippen MR) is 137 cm³/mol. The normalized spacial score (nSPS) is 17.6. The number of fused-ring (bicyclic) bond motifs is 3. The molecule has 1 aromatic heterocycles. The van der Waals surface area contributed by atoms with Gasteiger partial charge in [0.2, 0.25) is 11.9 Å². The average Bonchev–Trinajstić information content (AvgIpc) is 3.22. The van der Waals surface area contributed by atoms with Gasteiger partial charge in [-0.3, -0.25) is 14.5 Å². The highest BCUT2D eigenvalue weighted by atomic mass is 16.5. The number of amides is 1. The van der Waals surface area contributed by atoms with E-state index in [0.717, 1.165) is 41.6 Å². The fourth-order valence-electron chi connectivity index (χ4n) is 4.55. The van der Waals surface area contributed by atoms with Gasteiger partial charge in [-0.2, -0.15) is 0 Å². The first-order valence-electron chi connectivity index (χ1n) is 12.6. The second kappa shape index (κ2) is 10.9. The number of unbranched alkanes of at least 4 members (excludes halogenated alkanes) is 1. The topological polar surface area (TPSA) is 73.7 Å². The quantitative estimate of drug-likeness (QED) is 0.290. The van der Waals surface area contributed by atoms with Gasteiger partial charge in [0.05, 0.1) is 30.3 Å². The summed E-state index contributed by atoms with van der Waals surface area (Å²) in [4.78, 5) is 33.5. The molecule has 186 valence electrons. The van der Waals surface area contributed by atoms with Crippen LogP contribution in [-0.2, 0) is 14.3 Å². The number of para-hydroxylation sites is 2. The Hall–Kier alpha value is -3.35. The molecule has 4 rings (SSSR count). The minimum atomic E-state index is -0.996. The van der Waals surface area contributed by atoms with Crippen LogP contribution in [-0.4, -0.2) is 41.2 Å². The van der Waals surface area contributed by atoms with E-state index in [2.05, 4.69) is 20.8 Å². The highest BCUT2D eigenvalue weighted by Gasteiger charge is 2.47. The van der Waals surface area contributed by atoms with Crippen molar-refractivity contribution in [2.24, 2.45) is 11.8 Å². The van der Waals surface area contributed by atoms with Gasteiger partial charge in [-0.1, -0.05) is 51.5 Å². The van der Waals surface area contributed by atoms with Crippen LogP contribution in [0.15, 0.2) is 48.5 Å². The predicted octanol–water partition coefficient (Wildman–Crippen LogP) is 5.38. The maximum absolute atomic E-state index is 13.8. The van der Waals surface area contributed by atoms with E-state index < -0.39 is 17.9 Å². The third kappa shape index (κ3) is 5.04. The van der Waals surface area contributed by atoms with E-state index in [1.165, 1.54) is 0 Å². The molecule has 0 fully saturated rings. The van der Waals surface area contributed by atoms with E-state index >= 15 is 0 Å². The molecule has 0 aliphatic carbocycles. The third-order valence-electron chi connectivity index (χ3n) is 6.41. The number of carbonyl (C=O) groups excluding carboxylic acids is 2. The van der Waals surface area contributed by atoms with Crippen LogP contribution in [0.3, 0.4) is 0 Å². The molecule has 0 radical (unpaired) electrons. The number of ether oxygens (including phenoxy) is 2. The number of anilines is 1. The molecule has 0 spiro atoms. The number of hydrogen-bond donors (Lipinski definition) is 0. The molecular weight excluding hydrogens is 442 g/mol. The maximum atomic E-state index is 13.8. The van der Waals surface area contributed by atoms with Crippen molar-refractivity contribution in [1.29, 1.82) is 0 Å². The molecule has 7 heteroatoms. The molecule has 1 aliphatic heterocycles. The van der Waals surface area contributed by atoms with E-state index in [9.17, 15) is 9.59 Å². The van der Waals surface area contributed by atoms with Crippen LogP contribution >= 0.6 is 0 Å². The molecule has 1 amide bonds. The van der Waals surface area contributed by atoms with Crippen LogP contribution in [0.4, 0.5) is 5.95 Å². The largest absolute Gasteiger partial charge is 0.494 e. The molecule has 7 nitrogen and oxygen atoms in total. The van der Waals surface area contributed by atoms with Gasteiger partial charge in [0.15, 0.2) is 5.92 Å². The van der Waals surface area contributed by atoms with Crippen molar-refractivity contribution in [1.82, 2.24) is 9.55 Å². The van der Waals surface area contributed by atoms with Crippen molar-refractivity contribution in [3.63, 3.8) is 0 Å². The minimum absolute atomic E-state index is 0.213. The Balaban J connectivity index is 1.81. The number of benzene rings is 2. The number of rotatable bonds is 10. The summed E-state index contributed by atoms with van der Waals surface area (Å²) < 4.78 is 13.3. The van der Waals surface area contributed by atoms with Gasteiger partial charge in [-0.15, -0.1) is 0 Å². The zero-order valence-electron chi connectivity index (χ0n) is 21.1. The summed E-state index contributed by atoms with van der Waals surface area (Å²) in [7, 11) is 0. The van der Waals surface area contributed by atoms with E-state index in [-0.39, 0.29) is 12.5 Å². The van der Waals surface area contributed by atoms with Gasteiger partial charge >= 0.3 is 5.97 Å². The van der Waals surface area contributed by atoms with Crippen molar-refractivity contribution in [3.8, 4) is 5.75 Å². The molecule has 2 atom stereocenters. The number of nitrogens with zero attached hydrogens (tertiary/aromatic N) is 3. The molecule has 2 aromatic carbocycles. The smallest absolute Gasteiger partial charge is 0.321 e. The van der Waals surface area contributed by atoms with Crippen molar-refractivity contribution in [3.05, 3.63) is 54.1 Å². The van der Waals surface area contributed by atoms with E-state index in [1.54, 1.807) is 11.8 Å². The SMILES string of the molecule is CCCCN1C(=O)[C@H](C(=O)OCC)[C@@H](c2ccc(OCCC(C)C)cc2)n2c1nc1ccccc12. The summed E-state index contributed by atoms with van der Waals surface area (Å²) in [6.07, 6.45) is 2.72. The second-order valence-corrected chi connectivity index (χ2v) is 9.39. The van der Waals surface area contributed by atoms with E-state index in [1.807, 2.05) is 53.1 Å². The van der Waals surface area contributed by atoms with Crippen LogP contribution in [0.5, 0.6) is 5.75 Å². The van der Waals surface area contributed by atoms with Crippen LogP contribution in [0.25, 0.3) is 11.0 Å². The Morgan fingerprint density at radius 2 is 1.83 bits per heavy atom. The number of imidazole rings is 1. The van der Waals surface area contributed by atoms with E-state index in [0.29, 0.717) is 25.0 Å².